The molecule has 2 N–H and O–H groups in total. The largest absolute Gasteiger partial charge is 0.384 e. The minimum atomic E-state index is -1.01. The Labute approximate surface area is 216 Å². The normalized spacial score (nSPS) is 16.3. The summed E-state index contributed by atoms with van der Waals surface area (Å²) < 4.78 is 15.3. The molecule has 0 bridgehead atoms. The van der Waals surface area contributed by atoms with Crippen molar-refractivity contribution >= 4 is 23.4 Å². The molecule has 1 aromatic carbocycles. The molecule has 200 valence electrons. The van der Waals surface area contributed by atoms with Gasteiger partial charge < -0.3 is 24.6 Å². The van der Waals surface area contributed by atoms with Crippen LogP contribution >= 0.6 is 0 Å². The lowest BCUT2D eigenvalue weighted by Gasteiger charge is -2.25. The highest BCUT2D eigenvalue weighted by Crippen LogP contribution is 2.46. The Hall–Kier alpha value is -3.37. The summed E-state index contributed by atoms with van der Waals surface area (Å²) in [6.45, 7) is 3.44. The predicted molar refractivity (Wildman–Crippen MR) is 134 cm³/mol. The SMILES string of the molecule is COC[C@H](CC(=O)[C@H](COC)NC(=O)c1cc(C)on1)C(=O)N[C@@H](Cc1ccccc1)C(=O)C1(C)CC1. The van der Waals surface area contributed by atoms with Crippen LogP contribution in [-0.4, -0.2) is 68.1 Å². The van der Waals surface area contributed by atoms with Crippen molar-refractivity contribution in [1.29, 1.82) is 0 Å². The van der Waals surface area contributed by atoms with E-state index in [1.807, 2.05) is 37.3 Å². The van der Waals surface area contributed by atoms with Crippen LogP contribution in [0.4, 0.5) is 0 Å². The third-order valence-corrected chi connectivity index (χ3v) is 6.58. The molecule has 1 aliphatic rings. The number of hydrogen-bond acceptors (Lipinski definition) is 8. The molecule has 3 rings (SSSR count). The molecule has 1 saturated carbocycles. The number of carbonyl (C=O) groups is 4. The highest BCUT2D eigenvalue weighted by atomic mass is 16.5. The number of aromatic nitrogens is 1. The average molecular weight is 514 g/mol. The van der Waals surface area contributed by atoms with Gasteiger partial charge in [-0.1, -0.05) is 42.4 Å². The van der Waals surface area contributed by atoms with E-state index in [9.17, 15) is 19.2 Å². The van der Waals surface area contributed by atoms with Crippen molar-refractivity contribution in [2.45, 2.75) is 51.6 Å². The molecule has 2 aromatic rings. The minimum absolute atomic E-state index is 0.0142. The van der Waals surface area contributed by atoms with E-state index in [1.165, 1.54) is 20.3 Å². The van der Waals surface area contributed by atoms with Crippen LogP contribution in [0.1, 0.15) is 48.0 Å². The van der Waals surface area contributed by atoms with Gasteiger partial charge in [0.05, 0.1) is 25.2 Å². The maximum atomic E-state index is 13.3. The molecule has 0 unspecified atom stereocenters. The van der Waals surface area contributed by atoms with Crippen LogP contribution in [0, 0.1) is 18.3 Å². The Bertz CT molecular complexity index is 1090. The standard InChI is InChI=1S/C27H35N3O7/c1-17-12-21(30-37-17)26(34)29-22(16-36-4)23(31)14-19(15-35-3)25(33)28-20(24(32)27(2)10-11-27)13-18-8-6-5-7-9-18/h5-9,12,19-20,22H,10-11,13-16H2,1-4H3,(H,28,33)(H,29,34)/t19-,20-,22-/m0/s1. The van der Waals surface area contributed by atoms with E-state index in [2.05, 4.69) is 15.8 Å². The van der Waals surface area contributed by atoms with Crippen molar-refractivity contribution in [2.75, 3.05) is 27.4 Å². The van der Waals surface area contributed by atoms with E-state index in [4.69, 9.17) is 14.0 Å². The number of hydrogen-bond donors (Lipinski definition) is 2. The number of Topliss-reactive ketones (excluding diaryl/α,β-unsaturated/α-hetero) is 2. The van der Waals surface area contributed by atoms with Gasteiger partial charge in [0.25, 0.3) is 5.91 Å². The zero-order valence-electron chi connectivity index (χ0n) is 21.7. The van der Waals surface area contributed by atoms with Crippen molar-refractivity contribution in [3.8, 4) is 0 Å². The molecule has 1 aliphatic carbocycles. The van der Waals surface area contributed by atoms with E-state index < -0.39 is 41.0 Å². The van der Waals surface area contributed by atoms with Gasteiger partial charge in [-0.25, -0.2) is 0 Å². The zero-order chi connectivity index (χ0) is 27.0. The third-order valence-electron chi connectivity index (χ3n) is 6.58. The van der Waals surface area contributed by atoms with Crippen molar-refractivity contribution in [3.05, 3.63) is 53.4 Å². The molecule has 37 heavy (non-hydrogen) atoms. The number of nitrogens with one attached hydrogen (secondary N) is 2. The number of nitrogens with zero attached hydrogens (tertiary/aromatic N) is 1. The molecule has 10 heteroatoms. The van der Waals surface area contributed by atoms with Gasteiger partial charge in [0.1, 0.15) is 11.8 Å². The lowest BCUT2D eigenvalue weighted by molar-refractivity contribution is -0.135. The summed E-state index contributed by atoms with van der Waals surface area (Å²) in [4.78, 5) is 52.2. The van der Waals surface area contributed by atoms with E-state index in [1.54, 1.807) is 6.92 Å². The number of methoxy groups -OCH3 is 2. The number of rotatable bonds is 15. The Morgan fingerprint density at radius 2 is 1.70 bits per heavy atom. The summed E-state index contributed by atoms with van der Waals surface area (Å²) in [6.07, 6.45) is 1.72. The predicted octanol–water partition coefficient (Wildman–Crippen LogP) is 2.05. The summed E-state index contributed by atoms with van der Waals surface area (Å²) in [5.41, 5.74) is 0.524. The molecule has 2 amide bonds. The molecular weight excluding hydrogens is 478 g/mol. The zero-order valence-corrected chi connectivity index (χ0v) is 21.7. The van der Waals surface area contributed by atoms with Gasteiger partial charge in [-0.3, -0.25) is 19.2 Å². The van der Waals surface area contributed by atoms with Gasteiger partial charge in [-0.2, -0.15) is 0 Å². The lowest BCUT2D eigenvalue weighted by Crippen LogP contribution is -2.50. The maximum Gasteiger partial charge on any atom is 0.274 e. The second-order valence-corrected chi connectivity index (χ2v) is 9.80. The van der Waals surface area contributed by atoms with Crippen molar-refractivity contribution in [2.24, 2.45) is 11.3 Å². The topological polar surface area (TPSA) is 137 Å². The highest BCUT2D eigenvalue weighted by Gasteiger charge is 2.48. The summed E-state index contributed by atoms with van der Waals surface area (Å²) >= 11 is 0. The van der Waals surface area contributed by atoms with Gasteiger partial charge in [-0.05, 0) is 31.7 Å². The van der Waals surface area contributed by atoms with Crippen LogP contribution in [0.3, 0.4) is 0 Å². The minimum Gasteiger partial charge on any atom is -0.384 e. The molecule has 1 heterocycles. The van der Waals surface area contributed by atoms with Crippen LogP contribution in [0.5, 0.6) is 0 Å². The van der Waals surface area contributed by atoms with Crippen molar-refractivity contribution < 1.29 is 33.2 Å². The summed E-state index contributed by atoms with van der Waals surface area (Å²) in [5, 5.41) is 9.13. The Balaban J connectivity index is 1.70. The van der Waals surface area contributed by atoms with Crippen LogP contribution in [0.25, 0.3) is 0 Å². The molecule has 0 spiro atoms. The quantitative estimate of drug-likeness (QED) is 0.369. The number of ketones is 2. The second-order valence-electron chi connectivity index (χ2n) is 9.80. The number of amides is 2. The van der Waals surface area contributed by atoms with Crippen LogP contribution in [-0.2, 0) is 30.3 Å². The monoisotopic (exact) mass is 513 g/mol. The van der Waals surface area contributed by atoms with Gasteiger partial charge in [0.15, 0.2) is 17.3 Å². The fourth-order valence-corrected chi connectivity index (χ4v) is 4.10. The Morgan fingerprint density at radius 3 is 2.27 bits per heavy atom. The lowest BCUT2D eigenvalue weighted by atomic mass is 9.91. The number of carbonyl (C=O) groups excluding carboxylic acids is 4. The van der Waals surface area contributed by atoms with Gasteiger partial charge >= 0.3 is 0 Å². The fourth-order valence-electron chi connectivity index (χ4n) is 4.10. The first-order chi connectivity index (χ1) is 17.7. The van der Waals surface area contributed by atoms with E-state index >= 15 is 0 Å². The van der Waals surface area contributed by atoms with Gasteiger partial charge in [-0.15, -0.1) is 0 Å². The Kier molecular flexibility index (Phi) is 9.71. The first-order valence-corrected chi connectivity index (χ1v) is 12.3. The number of ether oxygens (including phenoxy) is 2. The first-order valence-electron chi connectivity index (χ1n) is 12.3. The van der Waals surface area contributed by atoms with Crippen molar-refractivity contribution in [3.63, 3.8) is 0 Å². The number of aryl methyl sites for hydroxylation is 1. The molecule has 0 aliphatic heterocycles. The molecular formula is C27H35N3O7. The van der Waals surface area contributed by atoms with E-state index in [0.717, 1.165) is 18.4 Å². The number of benzene rings is 1. The third kappa shape index (κ3) is 7.80. The first kappa shape index (κ1) is 28.2. The average Bonchev–Trinajstić information content (AvgIpc) is 3.48. The molecule has 3 atom stereocenters. The van der Waals surface area contributed by atoms with Crippen LogP contribution in [0.2, 0.25) is 0 Å². The molecule has 10 nitrogen and oxygen atoms in total. The van der Waals surface area contributed by atoms with E-state index in [0.29, 0.717) is 12.2 Å². The van der Waals surface area contributed by atoms with Gasteiger partial charge in [0.2, 0.25) is 5.91 Å². The van der Waals surface area contributed by atoms with Crippen LogP contribution in [0.15, 0.2) is 40.9 Å². The van der Waals surface area contributed by atoms with E-state index in [-0.39, 0.29) is 31.1 Å². The Morgan fingerprint density at radius 1 is 1.03 bits per heavy atom. The fraction of sp³-hybridized carbons (Fsp3) is 0.519. The van der Waals surface area contributed by atoms with Gasteiger partial charge in [0, 0.05) is 32.1 Å². The highest BCUT2D eigenvalue weighted by molar-refractivity contribution is 5.98. The maximum absolute atomic E-state index is 13.3. The van der Waals surface area contributed by atoms with Crippen molar-refractivity contribution in [1.82, 2.24) is 15.8 Å². The summed E-state index contributed by atoms with van der Waals surface area (Å²) in [5.74, 6) is -1.88. The summed E-state index contributed by atoms with van der Waals surface area (Å²) in [7, 11) is 2.84. The summed E-state index contributed by atoms with van der Waals surface area (Å²) in [6, 6.07) is 9.20. The van der Waals surface area contributed by atoms with Crippen LogP contribution < -0.4 is 10.6 Å². The molecule has 1 aromatic heterocycles. The second kappa shape index (κ2) is 12.7. The smallest absolute Gasteiger partial charge is 0.274 e. The molecule has 0 radical (unpaired) electrons. The molecule has 0 saturated heterocycles. The molecule has 1 fully saturated rings.